The highest BCUT2D eigenvalue weighted by Crippen LogP contribution is 2.29. The van der Waals surface area contributed by atoms with E-state index in [9.17, 15) is 18.0 Å². The minimum Gasteiger partial charge on any atom is -0.444 e. The monoisotopic (exact) mass is 359 g/mol. The summed E-state index contributed by atoms with van der Waals surface area (Å²) in [5.41, 5.74) is -1.54. The van der Waals surface area contributed by atoms with Gasteiger partial charge in [-0.2, -0.15) is 13.2 Å². The Hall–Kier alpha value is -1.99. The van der Waals surface area contributed by atoms with Crippen molar-refractivity contribution in [3.63, 3.8) is 0 Å². The van der Waals surface area contributed by atoms with E-state index in [1.165, 1.54) is 12.1 Å². The molecule has 2 atom stereocenters. The fourth-order valence-corrected chi connectivity index (χ4v) is 2.86. The Labute approximate surface area is 145 Å². The number of alkyl halides is 3. The number of carbonyl (C=O) groups is 1. The van der Waals surface area contributed by atoms with Crippen LogP contribution in [0.15, 0.2) is 18.2 Å². The number of likely N-dealkylation sites (tertiary alicyclic amines) is 1. The van der Waals surface area contributed by atoms with Crippen LogP contribution in [0.4, 0.5) is 23.8 Å². The van der Waals surface area contributed by atoms with E-state index in [-0.39, 0.29) is 17.9 Å². The van der Waals surface area contributed by atoms with Gasteiger partial charge in [-0.25, -0.2) is 9.78 Å². The number of hydrogen-bond acceptors (Lipinski definition) is 4. The highest BCUT2D eigenvalue weighted by Gasteiger charge is 2.36. The predicted molar refractivity (Wildman–Crippen MR) is 88.3 cm³/mol. The van der Waals surface area contributed by atoms with Crippen molar-refractivity contribution >= 4 is 11.9 Å². The first-order chi connectivity index (χ1) is 11.5. The average Bonchev–Trinajstić information content (AvgIpc) is 2.94. The van der Waals surface area contributed by atoms with Gasteiger partial charge in [0.15, 0.2) is 0 Å². The maximum Gasteiger partial charge on any atom is 0.433 e. The SMILES string of the molecule is CC(Nc1cccc(C(F)(F)F)n1)C1CCCN1C(=O)OC(C)(C)C. The lowest BCUT2D eigenvalue weighted by Crippen LogP contribution is -2.46. The van der Waals surface area contributed by atoms with Crippen molar-refractivity contribution in [1.29, 1.82) is 0 Å². The molecule has 1 amide bonds. The molecule has 0 bridgehead atoms. The van der Waals surface area contributed by atoms with E-state index in [1.54, 1.807) is 25.7 Å². The van der Waals surface area contributed by atoms with Crippen molar-refractivity contribution in [2.75, 3.05) is 11.9 Å². The first-order valence-corrected chi connectivity index (χ1v) is 8.28. The Bertz CT molecular complexity index is 614. The average molecular weight is 359 g/mol. The summed E-state index contributed by atoms with van der Waals surface area (Å²) in [6, 6.07) is 3.31. The third kappa shape index (κ3) is 5.24. The van der Waals surface area contributed by atoms with Crippen LogP contribution in [0.3, 0.4) is 0 Å². The van der Waals surface area contributed by atoms with Crippen molar-refractivity contribution in [3.05, 3.63) is 23.9 Å². The zero-order chi connectivity index (χ0) is 18.8. The largest absolute Gasteiger partial charge is 0.444 e. The lowest BCUT2D eigenvalue weighted by Gasteiger charge is -2.32. The molecule has 0 aromatic carbocycles. The number of aromatic nitrogens is 1. The molecular formula is C17H24F3N3O2. The van der Waals surface area contributed by atoms with Crippen LogP contribution in [-0.4, -0.2) is 40.2 Å². The number of carbonyl (C=O) groups excluding carboxylic acids is 1. The normalized spacial score (nSPS) is 19.6. The third-order valence-electron chi connectivity index (χ3n) is 3.92. The lowest BCUT2D eigenvalue weighted by molar-refractivity contribution is -0.141. The van der Waals surface area contributed by atoms with Crippen molar-refractivity contribution in [1.82, 2.24) is 9.88 Å². The van der Waals surface area contributed by atoms with E-state index < -0.39 is 23.6 Å². The number of ether oxygens (including phenoxy) is 1. The minimum atomic E-state index is -4.49. The standard InChI is InChI=1S/C17H24F3N3O2/c1-11(21-14-9-5-8-13(22-14)17(18,19)20)12-7-6-10-23(12)15(24)25-16(2,3)4/h5,8-9,11-12H,6-7,10H2,1-4H3,(H,21,22). The van der Waals surface area contributed by atoms with Gasteiger partial charge in [-0.1, -0.05) is 6.07 Å². The number of nitrogens with one attached hydrogen (secondary N) is 1. The zero-order valence-corrected chi connectivity index (χ0v) is 14.9. The quantitative estimate of drug-likeness (QED) is 0.874. The van der Waals surface area contributed by atoms with E-state index in [0.717, 1.165) is 18.9 Å². The van der Waals surface area contributed by atoms with Gasteiger partial charge in [0.1, 0.15) is 17.1 Å². The van der Waals surface area contributed by atoms with Gasteiger partial charge in [-0.05, 0) is 52.7 Å². The molecule has 0 spiro atoms. The van der Waals surface area contributed by atoms with Gasteiger partial charge in [0.2, 0.25) is 0 Å². The number of amides is 1. The summed E-state index contributed by atoms with van der Waals surface area (Å²) in [6.45, 7) is 7.79. The summed E-state index contributed by atoms with van der Waals surface area (Å²) >= 11 is 0. The Morgan fingerprint density at radius 2 is 2.04 bits per heavy atom. The topological polar surface area (TPSA) is 54.5 Å². The second-order valence-electron chi connectivity index (χ2n) is 7.22. The van der Waals surface area contributed by atoms with Crippen LogP contribution in [0.5, 0.6) is 0 Å². The first kappa shape index (κ1) is 19.3. The van der Waals surface area contributed by atoms with E-state index in [2.05, 4.69) is 10.3 Å². The number of hydrogen-bond donors (Lipinski definition) is 1. The van der Waals surface area contributed by atoms with Gasteiger partial charge in [0, 0.05) is 12.6 Å². The number of rotatable bonds is 3. The maximum absolute atomic E-state index is 12.8. The van der Waals surface area contributed by atoms with Gasteiger partial charge in [-0.3, -0.25) is 0 Å². The molecular weight excluding hydrogens is 335 g/mol. The smallest absolute Gasteiger partial charge is 0.433 e. The molecule has 2 rings (SSSR count). The zero-order valence-electron chi connectivity index (χ0n) is 14.9. The molecule has 1 aromatic rings. The van der Waals surface area contributed by atoms with Gasteiger partial charge in [0.05, 0.1) is 6.04 Å². The summed E-state index contributed by atoms with van der Waals surface area (Å²) in [7, 11) is 0. The summed E-state index contributed by atoms with van der Waals surface area (Å²) in [4.78, 5) is 17.6. The molecule has 1 N–H and O–H groups in total. The summed E-state index contributed by atoms with van der Waals surface area (Å²) in [5.74, 6) is 0.137. The molecule has 2 unspecified atom stereocenters. The van der Waals surface area contributed by atoms with Crippen molar-refractivity contribution in [2.24, 2.45) is 0 Å². The number of pyridine rings is 1. The van der Waals surface area contributed by atoms with E-state index in [1.807, 2.05) is 6.92 Å². The van der Waals surface area contributed by atoms with E-state index in [4.69, 9.17) is 4.74 Å². The number of halogens is 3. The Morgan fingerprint density at radius 3 is 2.64 bits per heavy atom. The number of anilines is 1. The van der Waals surface area contributed by atoms with Crippen LogP contribution in [0, 0.1) is 0 Å². The molecule has 0 saturated carbocycles. The fraction of sp³-hybridized carbons (Fsp3) is 0.647. The molecule has 140 valence electrons. The molecule has 5 nitrogen and oxygen atoms in total. The van der Waals surface area contributed by atoms with Crippen LogP contribution < -0.4 is 5.32 Å². The van der Waals surface area contributed by atoms with Crippen LogP contribution in [0.2, 0.25) is 0 Å². The minimum absolute atomic E-state index is 0.137. The molecule has 2 heterocycles. The Balaban J connectivity index is 2.07. The van der Waals surface area contributed by atoms with Gasteiger partial charge >= 0.3 is 12.3 Å². The molecule has 1 aliphatic rings. The highest BCUT2D eigenvalue weighted by molar-refractivity contribution is 5.69. The van der Waals surface area contributed by atoms with E-state index >= 15 is 0 Å². The van der Waals surface area contributed by atoms with Crippen LogP contribution in [-0.2, 0) is 10.9 Å². The van der Waals surface area contributed by atoms with Gasteiger partial charge in [-0.15, -0.1) is 0 Å². The van der Waals surface area contributed by atoms with Gasteiger partial charge < -0.3 is 15.0 Å². The third-order valence-corrected chi connectivity index (χ3v) is 3.92. The van der Waals surface area contributed by atoms with Crippen molar-refractivity contribution in [2.45, 2.75) is 64.4 Å². The van der Waals surface area contributed by atoms with Crippen LogP contribution in [0.25, 0.3) is 0 Å². The molecule has 1 aliphatic heterocycles. The van der Waals surface area contributed by atoms with Crippen LogP contribution in [0.1, 0.15) is 46.2 Å². The first-order valence-electron chi connectivity index (χ1n) is 8.28. The molecule has 1 saturated heterocycles. The van der Waals surface area contributed by atoms with Gasteiger partial charge in [0.25, 0.3) is 0 Å². The van der Waals surface area contributed by atoms with Crippen molar-refractivity contribution < 1.29 is 22.7 Å². The second-order valence-corrected chi connectivity index (χ2v) is 7.22. The summed E-state index contributed by atoms with van der Waals surface area (Å²) < 4.78 is 43.7. The fourth-order valence-electron chi connectivity index (χ4n) is 2.86. The Kier molecular flexibility index (Phi) is 5.49. The summed E-state index contributed by atoms with van der Waals surface area (Å²) in [6.07, 6.45) is -3.31. The van der Waals surface area contributed by atoms with Crippen molar-refractivity contribution in [3.8, 4) is 0 Å². The molecule has 0 aliphatic carbocycles. The van der Waals surface area contributed by atoms with E-state index in [0.29, 0.717) is 6.54 Å². The molecule has 1 aromatic heterocycles. The number of nitrogens with zero attached hydrogens (tertiary/aromatic N) is 2. The lowest BCUT2D eigenvalue weighted by atomic mass is 10.1. The molecule has 8 heteroatoms. The molecule has 1 fully saturated rings. The highest BCUT2D eigenvalue weighted by atomic mass is 19.4. The maximum atomic E-state index is 12.8. The Morgan fingerprint density at radius 1 is 1.36 bits per heavy atom. The summed E-state index contributed by atoms with van der Waals surface area (Å²) in [5, 5.41) is 2.98. The predicted octanol–water partition coefficient (Wildman–Crippen LogP) is 4.30. The second kappa shape index (κ2) is 7.09. The molecule has 0 radical (unpaired) electrons. The van der Waals surface area contributed by atoms with Crippen LogP contribution >= 0.6 is 0 Å². The molecule has 25 heavy (non-hydrogen) atoms.